The highest BCUT2D eigenvalue weighted by molar-refractivity contribution is 5.89. The molecular formula is C44H61N3O20. The maximum Gasteiger partial charge on any atom is 0.303 e. The average molecular weight is 952 g/mol. The summed E-state index contributed by atoms with van der Waals surface area (Å²) in [6, 6.07) is 6.42. The SMILES string of the molecule is CC(=O)OC[C@@H]1O[C@@H](CCN(C(=O)[C@@H](Cc2ccccc2)NCC[C@H]2O[C@H](COC(C)=O)[C@@H](OC(C)=O)[C@H](OC(C)=O)[C@H]2OC(C)=O)[C@H](C)C(N)=O)[C@@H](OC(C)=O)[C@H](OC(C)=O)[C@H]1OC(C)=O. The molecule has 23 heteroatoms. The third-order valence-corrected chi connectivity index (χ3v) is 10.4. The smallest absolute Gasteiger partial charge is 0.303 e. The largest absolute Gasteiger partial charge is 0.463 e. The Morgan fingerprint density at radius 3 is 1.30 bits per heavy atom. The Hall–Kier alpha value is -6.20. The van der Waals surface area contributed by atoms with Gasteiger partial charge in [0.2, 0.25) is 11.8 Å². The van der Waals surface area contributed by atoms with Crippen LogP contribution in [-0.2, 0) is 102 Å². The number of nitrogens with zero attached hydrogens (tertiary/aromatic N) is 1. The summed E-state index contributed by atoms with van der Waals surface area (Å²) in [6.07, 6.45) is -13.6. The second kappa shape index (κ2) is 26.2. The molecule has 1 aromatic rings. The predicted molar refractivity (Wildman–Crippen MR) is 225 cm³/mol. The van der Waals surface area contributed by atoms with Gasteiger partial charge in [-0.15, -0.1) is 0 Å². The van der Waals surface area contributed by atoms with Gasteiger partial charge in [0.05, 0.1) is 6.04 Å². The second-order valence-corrected chi connectivity index (χ2v) is 15.9. The van der Waals surface area contributed by atoms with Crippen LogP contribution in [0.2, 0.25) is 0 Å². The van der Waals surface area contributed by atoms with Gasteiger partial charge < -0.3 is 63.3 Å². The van der Waals surface area contributed by atoms with Crippen LogP contribution >= 0.6 is 0 Å². The molecule has 23 nitrogen and oxygen atoms in total. The van der Waals surface area contributed by atoms with Crippen LogP contribution in [0.4, 0.5) is 0 Å². The summed E-state index contributed by atoms with van der Waals surface area (Å²) >= 11 is 0. The average Bonchev–Trinajstić information content (AvgIpc) is 3.22. The lowest BCUT2D eigenvalue weighted by Crippen LogP contribution is -2.63. The lowest BCUT2D eigenvalue weighted by molar-refractivity contribution is -0.253. The normalized spacial score (nSPS) is 25.4. The van der Waals surface area contributed by atoms with Crippen LogP contribution in [-0.4, -0.2) is 164 Å². The van der Waals surface area contributed by atoms with E-state index >= 15 is 0 Å². The van der Waals surface area contributed by atoms with E-state index in [0.29, 0.717) is 5.56 Å². The molecule has 2 amide bonds. The van der Waals surface area contributed by atoms with Crippen LogP contribution in [0.15, 0.2) is 30.3 Å². The molecule has 0 radical (unpaired) electrons. The van der Waals surface area contributed by atoms with Gasteiger partial charge in [0.1, 0.15) is 43.7 Å². The fourth-order valence-corrected chi connectivity index (χ4v) is 7.71. The van der Waals surface area contributed by atoms with Crippen LogP contribution in [0.1, 0.15) is 80.7 Å². The van der Waals surface area contributed by atoms with Gasteiger partial charge in [-0.25, -0.2) is 0 Å². The molecule has 1 aromatic carbocycles. The van der Waals surface area contributed by atoms with Gasteiger partial charge in [0.15, 0.2) is 36.6 Å². The summed E-state index contributed by atoms with van der Waals surface area (Å²) in [4.78, 5) is 127. The molecule has 3 N–H and O–H groups in total. The molecule has 372 valence electrons. The van der Waals surface area contributed by atoms with E-state index in [1.54, 1.807) is 30.3 Å². The van der Waals surface area contributed by atoms with Gasteiger partial charge in [-0.05, 0) is 38.3 Å². The van der Waals surface area contributed by atoms with E-state index in [1.807, 2.05) is 0 Å². The summed E-state index contributed by atoms with van der Waals surface area (Å²) in [5.41, 5.74) is 6.48. The summed E-state index contributed by atoms with van der Waals surface area (Å²) in [7, 11) is 0. The molecular weight excluding hydrogens is 890 g/mol. The van der Waals surface area contributed by atoms with Gasteiger partial charge in [-0.3, -0.25) is 47.9 Å². The number of esters is 8. The molecule has 2 aliphatic heterocycles. The Morgan fingerprint density at radius 1 is 0.552 bits per heavy atom. The van der Waals surface area contributed by atoms with Gasteiger partial charge in [-0.2, -0.15) is 0 Å². The lowest BCUT2D eigenvalue weighted by atomic mass is 9.92. The van der Waals surface area contributed by atoms with Crippen molar-refractivity contribution >= 4 is 59.6 Å². The van der Waals surface area contributed by atoms with Crippen molar-refractivity contribution in [1.29, 1.82) is 0 Å². The Morgan fingerprint density at radius 2 is 0.925 bits per heavy atom. The predicted octanol–water partition coefficient (Wildman–Crippen LogP) is -0.0789. The lowest BCUT2D eigenvalue weighted by Gasteiger charge is -2.45. The van der Waals surface area contributed by atoms with E-state index < -0.39 is 146 Å². The van der Waals surface area contributed by atoms with Crippen molar-refractivity contribution in [3.63, 3.8) is 0 Å². The molecule has 0 bridgehead atoms. The number of carbonyl (C=O) groups excluding carboxylic acids is 10. The Kier molecular flexibility index (Phi) is 21.6. The first-order chi connectivity index (χ1) is 31.5. The number of primary amides is 1. The van der Waals surface area contributed by atoms with Crippen molar-refractivity contribution in [2.24, 2.45) is 5.73 Å². The quantitative estimate of drug-likeness (QED) is 0.113. The standard InChI is InChI=1S/C44H61N3O20/c1-22(43(45)56)47(18-16-34-38(61-26(5)51)42(65-30(9)55)40(63-28(7)53)36(67-34)21-59-24(3)49)44(57)32(19-31-13-11-10-12-14-31)46-17-15-33-37(60-25(4)50)41(64-29(8)54)39(62-27(6)52)35(66-33)20-58-23(2)48/h10-14,22,32-42,46H,15-21H2,1-9H3,(H2,45,56)/t22-,32-,33-,34+,35-,36+,37+,38-,39-,40+,41-,42+/m1/s1. The fourth-order valence-electron chi connectivity index (χ4n) is 7.71. The minimum absolute atomic E-state index is 0.0410. The minimum Gasteiger partial charge on any atom is -0.463 e. The number of amides is 2. The molecule has 0 aliphatic carbocycles. The molecule has 67 heavy (non-hydrogen) atoms. The molecule has 2 aliphatic rings. The molecule has 2 saturated heterocycles. The summed E-state index contributed by atoms with van der Waals surface area (Å²) in [6.45, 7) is 8.90. The summed E-state index contributed by atoms with van der Waals surface area (Å²) in [5, 5.41) is 3.19. The van der Waals surface area contributed by atoms with E-state index in [2.05, 4.69) is 5.32 Å². The molecule has 2 heterocycles. The van der Waals surface area contributed by atoms with Gasteiger partial charge in [0.25, 0.3) is 0 Å². The maximum absolute atomic E-state index is 14.9. The molecule has 12 atom stereocenters. The van der Waals surface area contributed by atoms with Crippen molar-refractivity contribution in [3.8, 4) is 0 Å². The highest BCUT2D eigenvalue weighted by Crippen LogP contribution is 2.33. The third kappa shape index (κ3) is 17.5. The zero-order valence-corrected chi connectivity index (χ0v) is 39.0. The minimum atomic E-state index is -1.48. The van der Waals surface area contributed by atoms with Crippen LogP contribution in [0.25, 0.3) is 0 Å². The number of hydrogen-bond donors (Lipinski definition) is 2. The first-order valence-corrected chi connectivity index (χ1v) is 21.5. The fraction of sp³-hybridized carbons (Fsp3) is 0.636. The van der Waals surface area contributed by atoms with E-state index in [-0.39, 0.29) is 32.4 Å². The monoisotopic (exact) mass is 951 g/mol. The first kappa shape index (κ1) is 55.1. The molecule has 0 aromatic heterocycles. The molecule has 0 saturated carbocycles. The Labute approximate surface area is 387 Å². The topological polar surface area (TPSA) is 304 Å². The van der Waals surface area contributed by atoms with E-state index in [0.717, 1.165) is 55.4 Å². The zero-order valence-electron chi connectivity index (χ0n) is 39.0. The Balaban J connectivity index is 2.03. The van der Waals surface area contributed by atoms with Crippen molar-refractivity contribution in [1.82, 2.24) is 10.2 Å². The first-order valence-electron chi connectivity index (χ1n) is 21.5. The van der Waals surface area contributed by atoms with Crippen LogP contribution in [0.5, 0.6) is 0 Å². The molecule has 0 spiro atoms. The molecule has 2 fully saturated rings. The van der Waals surface area contributed by atoms with Gasteiger partial charge in [0, 0.05) is 61.9 Å². The molecule has 0 unspecified atom stereocenters. The second-order valence-electron chi connectivity index (χ2n) is 15.9. The number of nitrogens with two attached hydrogens (primary N) is 1. The van der Waals surface area contributed by atoms with E-state index in [9.17, 15) is 47.9 Å². The van der Waals surface area contributed by atoms with E-state index in [4.69, 9.17) is 53.1 Å². The van der Waals surface area contributed by atoms with Crippen LogP contribution < -0.4 is 11.1 Å². The van der Waals surface area contributed by atoms with Crippen LogP contribution in [0, 0.1) is 0 Å². The summed E-state index contributed by atoms with van der Waals surface area (Å²) < 4.78 is 56.0. The van der Waals surface area contributed by atoms with Gasteiger partial charge in [-0.1, -0.05) is 30.3 Å². The highest BCUT2D eigenvalue weighted by Gasteiger charge is 2.53. The molecule has 3 rings (SSSR count). The summed E-state index contributed by atoms with van der Waals surface area (Å²) in [5.74, 6) is -7.87. The van der Waals surface area contributed by atoms with Gasteiger partial charge >= 0.3 is 47.8 Å². The van der Waals surface area contributed by atoms with Crippen LogP contribution in [0.3, 0.4) is 0 Å². The zero-order chi connectivity index (χ0) is 50.1. The number of ether oxygens (including phenoxy) is 10. The van der Waals surface area contributed by atoms with Crippen molar-refractivity contribution < 1.29 is 95.3 Å². The van der Waals surface area contributed by atoms with Crippen molar-refractivity contribution in [2.45, 2.75) is 155 Å². The Bertz CT molecular complexity index is 1930. The number of nitrogens with one attached hydrogen (secondary N) is 1. The van der Waals surface area contributed by atoms with Crippen molar-refractivity contribution in [3.05, 3.63) is 35.9 Å². The number of rotatable bonds is 22. The van der Waals surface area contributed by atoms with E-state index in [1.165, 1.54) is 11.8 Å². The number of carbonyl (C=O) groups is 10. The maximum atomic E-state index is 14.9. The highest BCUT2D eigenvalue weighted by atomic mass is 16.7. The van der Waals surface area contributed by atoms with Crippen molar-refractivity contribution in [2.75, 3.05) is 26.3 Å². The third-order valence-electron chi connectivity index (χ3n) is 10.4. The number of hydrogen-bond acceptors (Lipinski definition) is 21. The number of benzene rings is 1.